The Bertz CT molecular complexity index is 3290. The number of aliphatic hydroxyl groups excluding tert-OH is 1. The molecule has 0 aromatic heterocycles. The van der Waals surface area contributed by atoms with E-state index in [0.717, 1.165) is 25.0 Å². The van der Waals surface area contributed by atoms with Gasteiger partial charge in [-0.05, 0) is 110 Å². The molecule has 29 heteroatoms. The number of halogens is 2. The Balaban J connectivity index is 1.14. The van der Waals surface area contributed by atoms with Gasteiger partial charge in [0.1, 0.15) is 18.2 Å². The number of unbranched alkanes of at least 4 members (excludes halogenated alkanes) is 2. The monoisotopic (exact) mass is 1490 g/mol. The van der Waals surface area contributed by atoms with Gasteiger partial charge in [0.25, 0.3) is 0 Å². The predicted molar refractivity (Wildman–Crippen MR) is 393 cm³/mol. The number of carbonyl (C=O) groups excluding carboxylic acids is 12. The first-order valence-electron chi connectivity index (χ1n) is 37.0. The molecule has 5 rings (SSSR count). The van der Waals surface area contributed by atoms with E-state index >= 15 is 0 Å². The van der Waals surface area contributed by atoms with Crippen LogP contribution in [0.4, 0.5) is 24.1 Å². The maximum absolute atomic E-state index is 14.9. The molecule has 1 aliphatic carbocycles. The summed E-state index contributed by atoms with van der Waals surface area (Å²) in [4.78, 5) is 168. The van der Waals surface area contributed by atoms with Gasteiger partial charge >= 0.3 is 12.1 Å². The third-order valence-electron chi connectivity index (χ3n) is 20.8. The second-order valence-corrected chi connectivity index (χ2v) is 30.9. The Morgan fingerprint density at radius 2 is 1.45 bits per heavy atom. The summed E-state index contributed by atoms with van der Waals surface area (Å²) < 4.78 is 46.3. The summed E-state index contributed by atoms with van der Waals surface area (Å²) >= 11 is 1.44. The number of nitrogens with two attached hydrogens (primary N) is 1. The lowest BCUT2D eigenvalue weighted by Crippen LogP contribution is -2.54. The SMILES string of the molecule is CC[C@H](C)[C@@H]([C@@H](CC(=O)N1C[C@@H](O)C[C@H]1[C@H](OC)[C@@H](C)C(=O)NCCc1c(F)cccc1F)OC)N(C)C(=O)[C@@H](CC(=O)[C@H](C(C)C)N(C)C(=O)OCc1ccc(NC(=O)[C@H](CCCNC(N)=O)CC(=O)[C@@H](NC(=O)CCCCCN2C(=O)CC(SCC3(CC(=O)NC)CC3)C2=O)C(C)C)cc1)C(C)C. The van der Waals surface area contributed by atoms with Crippen LogP contribution in [0, 0.1) is 58.5 Å². The molecule has 2 aromatic carbocycles. The Morgan fingerprint density at radius 1 is 0.781 bits per heavy atom. The van der Waals surface area contributed by atoms with Crippen LogP contribution in [0.1, 0.15) is 170 Å². The highest BCUT2D eigenvalue weighted by Crippen LogP contribution is 2.52. The van der Waals surface area contributed by atoms with E-state index in [1.165, 1.54) is 53.8 Å². The number of imide groups is 1. The first-order chi connectivity index (χ1) is 49.6. The number of hydrogen-bond acceptors (Lipinski definition) is 17. The number of carbonyl (C=O) groups is 12. The number of ketones is 2. The molecule has 8 N–H and O–H groups in total. The van der Waals surface area contributed by atoms with Crippen LogP contribution in [0.15, 0.2) is 42.5 Å². The summed E-state index contributed by atoms with van der Waals surface area (Å²) in [6.07, 6.45) is 0.711. The largest absolute Gasteiger partial charge is 0.445 e. The predicted octanol–water partition coefficient (Wildman–Crippen LogP) is 7.48. The molecular formula is C76H116F2N10O16S. The fourth-order valence-corrected chi connectivity index (χ4v) is 15.7. The molecule has 2 aliphatic heterocycles. The lowest BCUT2D eigenvalue weighted by Gasteiger charge is -2.41. The maximum Gasteiger partial charge on any atom is 0.410 e. The van der Waals surface area contributed by atoms with Gasteiger partial charge in [0.05, 0.1) is 60.1 Å². The standard InChI is InChI=1S/C76H116F2N10O16S/c1-15-47(8)68(60(102-13)38-64(94)88-41-52(89)36-57(88)69(103-14)48(9)70(96)81-33-29-53-55(77)22-19-23-56(53)78)85(11)72(98)54(44(2)3)37-59(91)67(46(6)7)86(12)75(101)104-42-49-25-27-51(28-26-49)83-71(97)50(21-20-32-82-74(79)100)35-58(90)66(45(4)5)84-62(92)24-17-16-18-34-87-65(95)39-61(73(87)99)105-43-76(30-31-76)40-63(93)80-10/h19,22-23,25-28,44-48,50,52,54,57,60-61,66-69,89H,15-18,20-21,24,29-43H2,1-14H3,(H,80,93)(H,81,96)(H,83,97)(H,84,92)(H3,79,82,100)/t47-,48+,50+,52-,54-,57-,60+,61?,66-,67-,68-,69+/m0/s1. The normalized spacial score (nSPS) is 18.8. The van der Waals surface area contributed by atoms with Crippen molar-refractivity contribution in [2.45, 2.75) is 219 Å². The van der Waals surface area contributed by atoms with Gasteiger partial charge in [-0.15, -0.1) is 11.8 Å². The number of methoxy groups -OCH3 is 2. The number of amides is 11. The minimum absolute atomic E-state index is 0.0399. The number of primary amides is 1. The van der Waals surface area contributed by atoms with Crippen molar-refractivity contribution in [1.82, 2.24) is 40.9 Å². The lowest BCUT2D eigenvalue weighted by molar-refractivity contribution is -0.149. The number of thioether (sulfide) groups is 1. The molecule has 11 amide bonds. The van der Waals surface area contributed by atoms with Gasteiger partial charge in [-0.2, -0.15) is 0 Å². The van der Waals surface area contributed by atoms with Crippen molar-refractivity contribution < 1.29 is 85.6 Å². The third-order valence-corrected chi connectivity index (χ3v) is 22.4. The molecule has 105 heavy (non-hydrogen) atoms. The van der Waals surface area contributed by atoms with Gasteiger partial charge in [-0.25, -0.2) is 18.4 Å². The van der Waals surface area contributed by atoms with E-state index in [-0.39, 0.29) is 154 Å². The fraction of sp³-hybridized carbons (Fsp3) is 0.684. The molecule has 1 saturated carbocycles. The minimum Gasteiger partial charge on any atom is -0.445 e. The van der Waals surface area contributed by atoms with Crippen LogP contribution in [0.2, 0.25) is 0 Å². The summed E-state index contributed by atoms with van der Waals surface area (Å²) in [5, 5.41) is 24.1. The molecule has 26 nitrogen and oxygen atoms in total. The van der Waals surface area contributed by atoms with Crippen molar-refractivity contribution in [2.75, 3.05) is 72.6 Å². The van der Waals surface area contributed by atoms with Crippen molar-refractivity contribution >= 4 is 88.4 Å². The molecule has 3 fully saturated rings. The number of nitrogens with one attached hydrogen (secondary N) is 5. The van der Waals surface area contributed by atoms with Crippen molar-refractivity contribution in [1.29, 1.82) is 0 Å². The van der Waals surface area contributed by atoms with Crippen molar-refractivity contribution in [3.63, 3.8) is 0 Å². The second-order valence-electron chi connectivity index (χ2n) is 29.7. The zero-order valence-electron chi connectivity index (χ0n) is 63.9. The highest BCUT2D eigenvalue weighted by Gasteiger charge is 2.48. The summed E-state index contributed by atoms with van der Waals surface area (Å²) in [5.74, 6) is -8.20. The fourth-order valence-electron chi connectivity index (χ4n) is 14.2. The van der Waals surface area contributed by atoms with Gasteiger partial charge in [0.2, 0.25) is 47.3 Å². The van der Waals surface area contributed by atoms with E-state index in [9.17, 15) is 71.4 Å². The number of Topliss-reactive ketones (excluding diaryl/α,β-unsaturated/α-hetero) is 2. The number of anilines is 1. The van der Waals surface area contributed by atoms with Crippen molar-refractivity contribution in [3.05, 3.63) is 65.2 Å². The van der Waals surface area contributed by atoms with Crippen molar-refractivity contribution in [2.24, 2.45) is 52.6 Å². The summed E-state index contributed by atoms with van der Waals surface area (Å²) in [5.41, 5.74) is 5.89. The molecule has 2 heterocycles. The van der Waals surface area contributed by atoms with Crippen LogP contribution in [0.3, 0.4) is 0 Å². The number of aliphatic hydroxyl groups is 1. The van der Waals surface area contributed by atoms with E-state index in [0.29, 0.717) is 55.5 Å². The van der Waals surface area contributed by atoms with Crippen LogP contribution in [-0.4, -0.2) is 211 Å². The number of hydrogen-bond donors (Lipinski definition) is 7. The first kappa shape index (κ1) is 88.0. The van der Waals surface area contributed by atoms with Crippen molar-refractivity contribution in [3.8, 4) is 0 Å². The van der Waals surface area contributed by atoms with E-state index in [4.69, 9.17) is 19.9 Å². The molecule has 2 saturated heterocycles. The number of rotatable bonds is 45. The summed E-state index contributed by atoms with van der Waals surface area (Å²) in [6.45, 7) is 16.3. The van der Waals surface area contributed by atoms with Gasteiger partial charge < -0.3 is 66.3 Å². The van der Waals surface area contributed by atoms with Gasteiger partial charge in [0.15, 0.2) is 11.6 Å². The number of nitrogens with zero attached hydrogens (tertiary/aromatic N) is 4. The molecule has 3 aliphatic rings. The average Bonchev–Trinajstić information content (AvgIpc) is 1.69. The van der Waals surface area contributed by atoms with Gasteiger partial charge in [0, 0.05) is 122 Å². The minimum atomic E-state index is -1.02. The molecule has 0 radical (unpaired) electrons. The number of urea groups is 1. The van der Waals surface area contributed by atoms with E-state index < -0.39 is 113 Å². The lowest BCUT2D eigenvalue weighted by atomic mass is 9.83. The van der Waals surface area contributed by atoms with Crippen LogP contribution >= 0.6 is 11.8 Å². The first-order valence-corrected chi connectivity index (χ1v) is 38.0. The van der Waals surface area contributed by atoms with E-state index in [1.54, 1.807) is 77.9 Å². The second kappa shape index (κ2) is 42.1. The highest BCUT2D eigenvalue weighted by molar-refractivity contribution is 8.00. The Labute approximate surface area is 621 Å². The molecular weight excluding hydrogens is 1380 g/mol. The van der Waals surface area contributed by atoms with Crippen LogP contribution in [0.5, 0.6) is 0 Å². The zero-order valence-corrected chi connectivity index (χ0v) is 64.7. The Morgan fingerprint density at radius 3 is 2.03 bits per heavy atom. The molecule has 12 atom stereocenters. The molecule has 1 unspecified atom stereocenters. The smallest absolute Gasteiger partial charge is 0.410 e. The van der Waals surface area contributed by atoms with Crippen LogP contribution in [0.25, 0.3) is 0 Å². The van der Waals surface area contributed by atoms with Gasteiger partial charge in [-0.3, -0.25) is 52.8 Å². The zero-order chi connectivity index (χ0) is 78.2. The summed E-state index contributed by atoms with van der Waals surface area (Å²) in [6, 6.07) is 5.85. The van der Waals surface area contributed by atoms with E-state index in [2.05, 4.69) is 26.6 Å². The Kier molecular flexibility index (Phi) is 35.2. The van der Waals surface area contributed by atoms with Gasteiger partial charge in [-0.1, -0.05) is 93.4 Å². The number of likely N-dealkylation sites (tertiary alicyclic amines) is 2. The number of β-amino-alcohol motifs (C(OH)–C–C–N with tert-alkyl or cyclic N) is 1. The van der Waals surface area contributed by atoms with Crippen LogP contribution < -0.4 is 32.3 Å². The van der Waals surface area contributed by atoms with Crippen LogP contribution in [-0.2, 0) is 75.2 Å². The summed E-state index contributed by atoms with van der Waals surface area (Å²) in [7, 11) is 7.50. The molecule has 0 bridgehead atoms. The quantitative estimate of drug-likeness (QED) is 0.0249. The molecule has 0 spiro atoms. The highest BCUT2D eigenvalue weighted by atomic mass is 32.2. The molecule has 586 valence electrons. The third kappa shape index (κ3) is 25.8. The number of benzene rings is 2. The number of likely N-dealkylation sites (N-methyl/N-ethyl adjacent to an activating group) is 2. The number of ether oxygens (including phenoxy) is 3. The van der Waals surface area contributed by atoms with E-state index in [1.807, 2.05) is 27.7 Å². The Hall–Kier alpha value is -7.63. The maximum atomic E-state index is 14.9. The average molecular weight is 1500 g/mol. The topological polar surface area (TPSA) is 352 Å². The molecule has 2 aromatic rings.